The van der Waals surface area contributed by atoms with Crippen LogP contribution in [0.5, 0.6) is 0 Å². The molecular weight excluding hydrogens is 333 g/mol. The molecule has 6 heteroatoms. The zero-order chi connectivity index (χ0) is 18.7. The molecule has 0 aromatic heterocycles. The first kappa shape index (κ1) is 17.9. The Balaban J connectivity index is 1.61. The molecule has 0 saturated carbocycles. The van der Waals surface area contributed by atoms with Crippen molar-refractivity contribution in [2.45, 2.75) is 19.0 Å². The average molecular weight is 355 g/mol. The van der Waals surface area contributed by atoms with Crippen molar-refractivity contribution < 1.29 is 14.0 Å². The summed E-state index contributed by atoms with van der Waals surface area (Å²) < 4.78 is 13.0. The number of halogens is 1. The van der Waals surface area contributed by atoms with Gasteiger partial charge in [-0.1, -0.05) is 18.2 Å². The Labute approximate surface area is 152 Å². The molecule has 5 nitrogen and oxygen atoms in total. The maximum absolute atomic E-state index is 13.0. The van der Waals surface area contributed by atoms with Gasteiger partial charge in [-0.05, 0) is 35.9 Å². The van der Waals surface area contributed by atoms with Crippen LogP contribution in [0.25, 0.3) is 0 Å². The average Bonchev–Trinajstić information content (AvgIpc) is 2.96. The van der Waals surface area contributed by atoms with Gasteiger partial charge in [0, 0.05) is 44.9 Å². The third-order valence-electron chi connectivity index (χ3n) is 4.46. The van der Waals surface area contributed by atoms with Crippen LogP contribution in [0.2, 0.25) is 0 Å². The summed E-state index contributed by atoms with van der Waals surface area (Å²) in [7, 11) is 3.83. The molecule has 2 aromatic carbocycles. The van der Waals surface area contributed by atoms with E-state index in [1.165, 1.54) is 12.1 Å². The van der Waals surface area contributed by atoms with Gasteiger partial charge in [0.1, 0.15) is 5.82 Å². The second-order valence-corrected chi connectivity index (χ2v) is 6.72. The molecular formula is C20H22FN3O2. The van der Waals surface area contributed by atoms with E-state index < -0.39 is 0 Å². The quantitative estimate of drug-likeness (QED) is 0.896. The number of carbonyl (C=O) groups is 2. The molecule has 1 aliphatic rings. The van der Waals surface area contributed by atoms with Crippen molar-refractivity contribution in [3.05, 3.63) is 65.5 Å². The fourth-order valence-electron chi connectivity index (χ4n) is 3.03. The first-order valence-electron chi connectivity index (χ1n) is 8.53. The molecule has 1 atom stereocenters. The SMILES string of the molecule is CN(C)c1cccc(C(=O)NC2CC(=O)N(Cc3ccc(F)cc3)C2)c1. The zero-order valence-corrected chi connectivity index (χ0v) is 14.9. The van der Waals surface area contributed by atoms with Crippen LogP contribution in [0.3, 0.4) is 0 Å². The van der Waals surface area contributed by atoms with E-state index >= 15 is 0 Å². The number of amides is 2. The molecule has 2 aromatic rings. The van der Waals surface area contributed by atoms with Crippen molar-refractivity contribution in [1.29, 1.82) is 0 Å². The van der Waals surface area contributed by atoms with Crippen molar-refractivity contribution >= 4 is 17.5 Å². The minimum Gasteiger partial charge on any atom is -0.378 e. The Hall–Kier alpha value is -2.89. The number of nitrogens with one attached hydrogen (secondary N) is 1. The number of anilines is 1. The van der Waals surface area contributed by atoms with Gasteiger partial charge < -0.3 is 15.1 Å². The molecule has 0 spiro atoms. The van der Waals surface area contributed by atoms with E-state index in [9.17, 15) is 14.0 Å². The predicted molar refractivity (Wildman–Crippen MR) is 98.5 cm³/mol. The molecule has 2 amide bonds. The number of hydrogen-bond acceptors (Lipinski definition) is 3. The highest BCUT2D eigenvalue weighted by atomic mass is 19.1. The van der Waals surface area contributed by atoms with Gasteiger partial charge in [-0.3, -0.25) is 9.59 Å². The lowest BCUT2D eigenvalue weighted by atomic mass is 10.1. The predicted octanol–water partition coefficient (Wildman–Crippen LogP) is 2.42. The number of nitrogens with zero attached hydrogens (tertiary/aromatic N) is 2. The van der Waals surface area contributed by atoms with Crippen molar-refractivity contribution in [1.82, 2.24) is 10.2 Å². The standard InChI is InChI=1S/C20H22FN3O2/c1-23(2)18-5-3-4-15(10-18)20(26)22-17-11-19(25)24(13-17)12-14-6-8-16(21)9-7-14/h3-10,17H,11-13H2,1-2H3,(H,22,26). The third kappa shape index (κ3) is 4.20. The van der Waals surface area contributed by atoms with Crippen LogP contribution < -0.4 is 10.2 Å². The Kier molecular flexibility index (Phi) is 5.21. The van der Waals surface area contributed by atoms with Crippen LogP contribution in [0.4, 0.5) is 10.1 Å². The van der Waals surface area contributed by atoms with Crippen LogP contribution >= 0.6 is 0 Å². The minimum absolute atomic E-state index is 0.0123. The summed E-state index contributed by atoms with van der Waals surface area (Å²) in [5.41, 5.74) is 2.38. The van der Waals surface area contributed by atoms with Crippen molar-refractivity contribution in [3.8, 4) is 0 Å². The molecule has 1 saturated heterocycles. The maximum atomic E-state index is 13.0. The van der Waals surface area contributed by atoms with E-state index in [1.54, 1.807) is 23.1 Å². The fourth-order valence-corrected chi connectivity index (χ4v) is 3.03. The Morgan fingerprint density at radius 1 is 1.23 bits per heavy atom. The van der Waals surface area contributed by atoms with Crippen molar-refractivity contribution in [3.63, 3.8) is 0 Å². The Morgan fingerprint density at radius 2 is 1.96 bits per heavy atom. The molecule has 1 heterocycles. The summed E-state index contributed by atoms with van der Waals surface area (Å²) in [6, 6.07) is 13.2. The van der Waals surface area contributed by atoms with Crippen LogP contribution in [0.1, 0.15) is 22.3 Å². The normalized spacial score (nSPS) is 16.7. The summed E-state index contributed by atoms with van der Waals surface area (Å²) in [6.45, 7) is 0.872. The summed E-state index contributed by atoms with van der Waals surface area (Å²) in [5.74, 6) is -0.497. The van der Waals surface area contributed by atoms with E-state index in [4.69, 9.17) is 0 Å². The first-order valence-corrected chi connectivity index (χ1v) is 8.53. The minimum atomic E-state index is -0.299. The molecule has 1 fully saturated rings. The summed E-state index contributed by atoms with van der Waals surface area (Å²) in [6.07, 6.45) is 0.278. The zero-order valence-electron chi connectivity index (χ0n) is 14.9. The number of rotatable bonds is 5. The van der Waals surface area contributed by atoms with Gasteiger partial charge in [-0.25, -0.2) is 4.39 Å². The molecule has 3 rings (SSSR count). The molecule has 0 radical (unpaired) electrons. The van der Waals surface area contributed by atoms with Gasteiger partial charge in [-0.15, -0.1) is 0 Å². The van der Waals surface area contributed by atoms with E-state index in [0.29, 0.717) is 18.7 Å². The van der Waals surface area contributed by atoms with Crippen LogP contribution in [-0.4, -0.2) is 43.4 Å². The first-order chi connectivity index (χ1) is 12.4. The van der Waals surface area contributed by atoms with Gasteiger partial charge >= 0.3 is 0 Å². The molecule has 1 unspecified atom stereocenters. The third-order valence-corrected chi connectivity index (χ3v) is 4.46. The lowest BCUT2D eigenvalue weighted by Crippen LogP contribution is -2.37. The van der Waals surface area contributed by atoms with Crippen LogP contribution in [0.15, 0.2) is 48.5 Å². The van der Waals surface area contributed by atoms with E-state index in [0.717, 1.165) is 11.3 Å². The second kappa shape index (κ2) is 7.56. The lowest BCUT2D eigenvalue weighted by Gasteiger charge is -2.18. The van der Waals surface area contributed by atoms with E-state index in [2.05, 4.69) is 5.32 Å². The number of benzene rings is 2. The van der Waals surface area contributed by atoms with Crippen LogP contribution in [0, 0.1) is 5.82 Å². The van der Waals surface area contributed by atoms with Gasteiger partial charge in [0.15, 0.2) is 0 Å². The molecule has 0 aliphatic carbocycles. The molecule has 136 valence electrons. The second-order valence-electron chi connectivity index (χ2n) is 6.72. The Bertz CT molecular complexity index is 805. The lowest BCUT2D eigenvalue weighted by molar-refractivity contribution is -0.128. The highest BCUT2D eigenvalue weighted by Crippen LogP contribution is 2.17. The number of likely N-dealkylation sites (tertiary alicyclic amines) is 1. The molecule has 1 aliphatic heterocycles. The smallest absolute Gasteiger partial charge is 0.251 e. The maximum Gasteiger partial charge on any atom is 0.251 e. The summed E-state index contributed by atoms with van der Waals surface area (Å²) in [5, 5.41) is 2.94. The highest BCUT2D eigenvalue weighted by Gasteiger charge is 2.30. The highest BCUT2D eigenvalue weighted by molar-refractivity contribution is 5.96. The summed E-state index contributed by atoms with van der Waals surface area (Å²) >= 11 is 0. The van der Waals surface area contributed by atoms with Crippen molar-refractivity contribution in [2.24, 2.45) is 0 Å². The number of carbonyl (C=O) groups excluding carboxylic acids is 2. The van der Waals surface area contributed by atoms with Crippen LogP contribution in [-0.2, 0) is 11.3 Å². The number of hydrogen-bond donors (Lipinski definition) is 1. The van der Waals surface area contributed by atoms with E-state index in [-0.39, 0.29) is 30.1 Å². The van der Waals surface area contributed by atoms with Gasteiger partial charge in [0.05, 0.1) is 6.04 Å². The van der Waals surface area contributed by atoms with E-state index in [1.807, 2.05) is 37.2 Å². The van der Waals surface area contributed by atoms with Gasteiger partial charge in [0.25, 0.3) is 5.91 Å². The molecule has 0 bridgehead atoms. The fraction of sp³-hybridized carbons (Fsp3) is 0.300. The largest absolute Gasteiger partial charge is 0.378 e. The monoisotopic (exact) mass is 355 g/mol. The van der Waals surface area contributed by atoms with Gasteiger partial charge in [0.2, 0.25) is 5.91 Å². The van der Waals surface area contributed by atoms with Gasteiger partial charge in [-0.2, -0.15) is 0 Å². The Morgan fingerprint density at radius 3 is 2.65 bits per heavy atom. The molecule has 26 heavy (non-hydrogen) atoms. The topological polar surface area (TPSA) is 52.7 Å². The molecule has 1 N–H and O–H groups in total. The summed E-state index contributed by atoms with van der Waals surface area (Å²) in [4.78, 5) is 28.3. The van der Waals surface area contributed by atoms with Crippen molar-refractivity contribution in [2.75, 3.05) is 25.5 Å².